The number of carbonyl (C=O) groups is 1. The largest absolute Gasteiger partial charge is 0.574 e. The summed E-state index contributed by atoms with van der Waals surface area (Å²) in [5.74, 6) is -3.06. The average Bonchev–Trinajstić information content (AvgIpc) is 2.12. The summed E-state index contributed by atoms with van der Waals surface area (Å²) in [7, 11) is 0. The van der Waals surface area contributed by atoms with Gasteiger partial charge >= 0.3 is 12.3 Å². The molecule has 94 valence electrons. The number of carboxylic acids is 1. The SMILES string of the molecule is NCc1cc(N)nc(OC(F)(F)F)c1C(=O)O. The Balaban J connectivity index is 3.35. The monoisotopic (exact) mass is 251 g/mol. The van der Waals surface area contributed by atoms with Gasteiger partial charge in [0.25, 0.3) is 0 Å². The standard InChI is InChI=1S/C8H8F3N3O3/c9-8(10,11)17-6-5(7(15)16)3(2-12)1-4(13)14-6/h1H,2,12H2,(H2,13,14)(H,15,16). The highest BCUT2D eigenvalue weighted by molar-refractivity contribution is 5.92. The second kappa shape index (κ2) is 4.45. The Hall–Kier alpha value is -2.03. The van der Waals surface area contributed by atoms with Crippen molar-refractivity contribution in [2.45, 2.75) is 12.9 Å². The number of aromatic carboxylic acids is 1. The van der Waals surface area contributed by atoms with Gasteiger partial charge in [0.1, 0.15) is 11.4 Å². The summed E-state index contributed by atoms with van der Waals surface area (Å²) in [4.78, 5) is 14.0. The molecular weight excluding hydrogens is 243 g/mol. The van der Waals surface area contributed by atoms with Crippen molar-refractivity contribution >= 4 is 11.8 Å². The number of rotatable bonds is 3. The number of halogens is 3. The molecule has 1 aromatic rings. The lowest BCUT2D eigenvalue weighted by Gasteiger charge is -2.13. The van der Waals surface area contributed by atoms with Gasteiger partial charge in [-0.15, -0.1) is 13.2 Å². The van der Waals surface area contributed by atoms with Gasteiger partial charge in [-0.3, -0.25) is 0 Å². The lowest BCUT2D eigenvalue weighted by Crippen LogP contribution is -2.21. The quantitative estimate of drug-likeness (QED) is 0.729. The van der Waals surface area contributed by atoms with Crippen LogP contribution in [-0.2, 0) is 6.54 Å². The van der Waals surface area contributed by atoms with Crippen LogP contribution in [0.2, 0.25) is 0 Å². The van der Waals surface area contributed by atoms with Crippen molar-refractivity contribution in [3.05, 3.63) is 17.2 Å². The highest BCUT2D eigenvalue weighted by Crippen LogP contribution is 2.28. The van der Waals surface area contributed by atoms with Gasteiger partial charge in [0, 0.05) is 6.54 Å². The first-order valence-corrected chi connectivity index (χ1v) is 4.23. The number of nitrogen functional groups attached to an aromatic ring is 1. The third-order valence-corrected chi connectivity index (χ3v) is 1.73. The molecule has 1 aromatic heterocycles. The minimum Gasteiger partial charge on any atom is -0.477 e. The van der Waals surface area contributed by atoms with Crippen molar-refractivity contribution in [1.82, 2.24) is 4.98 Å². The smallest absolute Gasteiger partial charge is 0.477 e. The van der Waals surface area contributed by atoms with Crippen molar-refractivity contribution < 1.29 is 27.8 Å². The molecule has 6 nitrogen and oxygen atoms in total. The Bertz CT molecular complexity index is 448. The van der Waals surface area contributed by atoms with Gasteiger partial charge in [0.05, 0.1) is 0 Å². The van der Waals surface area contributed by atoms with Gasteiger partial charge in [-0.25, -0.2) is 4.79 Å². The third-order valence-electron chi connectivity index (χ3n) is 1.73. The van der Waals surface area contributed by atoms with Crippen LogP contribution in [0, 0.1) is 0 Å². The highest BCUT2D eigenvalue weighted by atomic mass is 19.4. The zero-order valence-corrected chi connectivity index (χ0v) is 8.28. The fourth-order valence-electron chi connectivity index (χ4n) is 1.17. The summed E-state index contributed by atoms with van der Waals surface area (Å²) >= 11 is 0. The fraction of sp³-hybridized carbons (Fsp3) is 0.250. The molecule has 0 aliphatic rings. The third kappa shape index (κ3) is 3.21. The Labute approximate surface area is 93.0 Å². The number of pyridine rings is 1. The van der Waals surface area contributed by atoms with E-state index in [4.69, 9.17) is 16.6 Å². The minimum atomic E-state index is -5.06. The second-order valence-electron chi connectivity index (χ2n) is 2.94. The summed E-state index contributed by atoms with van der Waals surface area (Å²) in [6.07, 6.45) is -5.06. The predicted octanol–water partition coefficient (Wildman–Crippen LogP) is 0.719. The summed E-state index contributed by atoms with van der Waals surface area (Å²) in [5, 5.41) is 8.78. The van der Waals surface area contributed by atoms with Crippen molar-refractivity contribution in [2.24, 2.45) is 5.73 Å². The maximum absolute atomic E-state index is 12.0. The van der Waals surface area contributed by atoms with Crippen molar-refractivity contribution in [2.75, 3.05) is 5.73 Å². The molecule has 0 spiro atoms. The molecule has 0 aromatic carbocycles. The van der Waals surface area contributed by atoms with Crippen molar-refractivity contribution in [3.63, 3.8) is 0 Å². The van der Waals surface area contributed by atoms with Crippen LogP contribution in [0.5, 0.6) is 5.88 Å². The van der Waals surface area contributed by atoms with Crippen LogP contribution in [0.3, 0.4) is 0 Å². The zero-order valence-electron chi connectivity index (χ0n) is 8.28. The Kier molecular flexibility index (Phi) is 3.42. The first kappa shape index (κ1) is 13.0. The summed E-state index contributed by atoms with van der Waals surface area (Å²) < 4.78 is 39.6. The molecule has 0 saturated heterocycles. The molecule has 9 heteroatoms. The molecule has 17 heavy (non-hydrogen) atoms. The topological polar surface area (TPSA) is 111 Å². The van der Waals surface area contributed by atoms with Crippen LogP contribution in [-0.4, -0.2) is 22.4 Å². The molecule has 0 radical (unpaired) electrons. The number of aromatic nitrogens is 1. The number of nitrogens with two attached hydrogens (primary N) is 2. The van der Waals surface area contributed by atoms with Gasteiger partial charge < -0.3 is 21.3 Å². The average molecular weight is 251 g/mol. The van der Waals surface area contributed by atoms with E-state index in [1.54, 1.807) is 0 Å². The van der Waals surface area contributed by atoms with Crippen molar-refractivity contribution in [1.29, 1.82) is 0 Å². The summed E-state index contributed by atoms with van der Waals surface area (Å²) in [6, 6.07) is 1.08. The Morgan fingerprint density at radius 3 is 2.53 bits per heavy atom. The molecule has 5 N–H and O–H groups in total. The van der Waals surface area contributed by atoms with E-state index in [2.05, 4.69) is 9.72 Å². The van der Waals surface area contributed by atoms with E-state index < -0.39 is 23.8 Å². The van der Waals surface area contributed by atoms with Gasteiger partial charge in [0.2, 0.25) is 5.88 Å². The number of alkyl halides is 3. The van der Waals surface area contributed by atoms with Gasteiger partial charge in [0.15, 0.2) is 0 Å². The number of hydrogen-bond donors (Lipinski definition) is 3. The molecule has 0 amide bonds. The van der Waals surface area contributed by atoms with Crippen molar-refractivity contribution in [3.8, 4) is 5.88 Å². The molecule has 0 bridgehead atoms. The Morgan fingerprint density at radius 1 is 1.53 bits per heavy atom. The predicted molar refractivity (Wildman–Crippen MR) is 50.2 cm³/mol. The molecule has 1 heterocycles. The summed E-state index contributed by atoms with van der Waals surface area (Å²) in [6.45, 7) is -0.303. The zero-order chi connectivity index (χ0) is 13.2. The van der Waals surface area contributed by atoms with E-state index in [-0.39, 0.29) is 17.9 Å². The Morgan fingerprint density at radius 2 is 2.12 bits per heavy atom. The highest BCUT2D eigenvalue weighted by Gasteiger charge is 2.34. The maximum atomic E-state index is 12.0. The number of hydrogen-bond acceptors (Lipinski definition) is 5. The molecular formula is C8H8F3N3O3. The number of anilines is 1. The number of carboxylic acid groups (broad SMARTS) is 1. The van der Waals surface area contributed by atoms with E-state index in [1.165, 1.54) is 0 Å². The maximum Gasteiger partial charge on any atom is 0.574 e. The molecule has 0 saturated carbocycles. The first-order chi connectivity index (χ1) is 7.74. The molecule has 0 aliphatic carbocycles. The number of nitrogens with zero attached hydrogens (tertiary/aromatic N) is 1. The lowest BCUT2D eigenvalue weighted by atomic mass is 10.1. The van der Waals surface area contributed by atoms with Crippen LogP contribution >= 0.6 is 0 Å². The van der Waals surface area contributed by atoms with Gasteiger partial charge in [-0.2, -0.15) is 4.98 Å². The van der Waals surface area contributed by atoms with Crippen LogP contribution in [0.4, 0.5) is 19.0 Å². The number of ether oxygens (including phenoxy) is 1. The van der Waals surface area contributed by atoms with E-state index >= 15 is 0 Å². The lowest BCUT2D eigenvalue weighted by molar-refractivity contribution is -0.276. The van der Waals surface area contributed by atoms with Crippen LogP contribution in [0.15, 0.2) is 6.07 Å². The summed E-state index contributed by atoms with van der Waals surface area (Å²) in [5.41, 5.74) is 9.58. The molecule has 0 unspecified atom stereocenters. The minimum absolute atomic E-state index is 0.0933. The first-order valence-electron chi connectivity index (χ1n) is 4.23. The van der Waals surface area contributed by atoms with Gasteiger partial charge in [-0.05, 0) is 11.6 Å². The van der Waals surface area contributed by atoms with E-state index in [0.717, 1.165) is 6.07 Å². The van der Waals surface area contributed by atoms with Crippen LogP contribution in [0.1, 0.15) is 15.9 Å². The van der Waals surface area contributed by atoms with E-state index in [9.17, 15) is 18.0 Å². The van der Waals surface area contributed by atoms with E-state index in [1.807, 2.05) is 0 Å². The molecule has 0 atom stereocenters. The second-order valence-corrected chi connectivity index (χ2v) is 2.94. The van der Waals surface area contributed by atoms with Crippen LogP contribution in [0.25, 0.3) is 0 Å². The van der Waals surface area contributed by atoms with Gasteiger partial charge in [-0.1, -0.05) is 0 Å². The van der Waals surface area contributed by atoms with E-state index in [0.29, 0.717) is 0 Å². The molecule has 1 rings (SSSR count). The fourth-order valence-corrected chi connectivity index (χ4v) is 1.17. The normalized spacial score (nSPS) is 11.3. The van der Waals surface area contributed by atoms with Crippen LogP contribution < -0.4 is 16.2 Å². The molecule has 0 fully saturated rings. The molecule has 0 aliphatic heterocycles.